The van der Waals surface area contributed by atoms with Crippen molar-refractivity contribution in [2.75, 3.05) is 21.3 Å². The van der Waals surface area contributed by atoms with Crippen molar-refractivity contribution in [3.63, 3.8) is 0 Å². The van der Waals surface area contributed by atoms with Gasteiger partial charge in [0.1, 0.15) is 23.5 Å². The second kappa shape index (κ2) is 27.1. The van der Waals surface area contributed by atoms with E-state index in [-0.39, 0.29) is 93.1 Å². The predicted molar refractivity (Wildman–Crippen MR) is 281 cm³/mol. The molecule has 0 spiro atoms. The molecule has 0 aromatic heterocycles. The molecule has 9 rings (SSSR count). The van der Waals surface area contributed by atoms with Gasteiger partial charge in [-0.1, -0.05) is 72.8 Å². The van der Waals surface area contributed by atoms with Crippen LogP contribution in [0.25, 0.3) is 6.08 Å². The van der Waals surface area contributed by atoms with E-state index in [4.69, 9.17) is 19.3 Å². The molecular weight excluding hydrogens is 1110 g/mol. The third-order valence-electron chi connectivity index (χ3n) is 12.4. The first-order chi connectivity index (χ1) is 37.4. The lowest BCUT2D eigenvalue weighted by molar-refractivity contribution is -0.0337. The zero-order valence-corrected chi connectivity index (χ0v) is 44.6. The molecule has 3 N–H and O–H groups in total. The number of allylic oxidation sites excluding steroid dienone is 1. The van der Waals surface area contributed by atoms with Gasteiger partial charge < -0.3 is 29.5 Å². The van der Waals surface area contributed by atoms with Crippen LogP contribution in [0.15, 0.2) is 129 Å². The third-order valence-corrected chi connectivity index (χ3v) is 14.6. The molecule has 22 heteroatoms. The summed E-state index contributed by atoms with van der Waals surface area (Å²) in [4.78, 5) is 47.1. The zero-order valence-electron chi connectivity index (χ0n) is 42.1. The molecule has 0 fully saturated rings. The monoisotopic (exact) mass is 1160 g/mol. The molecule has 0 amide bonds. The Morgan fingerprint density at radius 1 is 0.519 bits per heavy atom. The summed E-state index contributed by atoms with van der Waals surface area (Å²) in [5.74, 6) is 1.46. The SMILES string of the molecule is COc1c(CO)ccc2c1C/C(=C\c1ccc(SC(F)(F)F)cc1)C2=O.COc1c(CO)ccc2c1CC(Cc1ccc(SC(F)(F)F)cc1)C2=O.COc1c(CO)ccc2c1CCC2=O.O=Cc1ccc(SC(F)(F)F)cc1. The van der Waals surface area contributed by atoms with Crippen molar-refractivity contribution in [2.45, 2.75) is 83.1 Å². The first-order valence-electron chi connectivity index (χ1n) is 23.7. The quantitative estimate of drug-likeness (QED) is 0.0435. The number of rotatable bonds is 13. The number of thioether (sulfide) groups is 3. The molecule has 6 aromatic rings. The van der Waals surface area contributed by atoms with E-state index >= 15 is 0 Å². The largest absolute Gasteiger partial charge is 0.496 e. The van der Waals surface area contributed by atoms with E-state index in [1.165, 1.54) is 62.8 Å². The molecule has 0 saturated heterocycles. The van der Waals surface area contributed by atoms with E-state index in [1.54, 1.807) is 73.8 Å². The van der Waals surface area contributed by atoms with Gasteiger partial charge in [-0.05, 0) is 108 Å². The number of alkyl halides is 9. The molecule has 0 bridgehead atoms. The number of hydrogen-bond donors (Lipinski definition) is 3. The van der Waals surface area contributed by atoms with Crippen LogP contribution in [-0.4, -0.2) is 76.8 Å². The van der Waals surface area contributed by atoms with E-state index in [0.29, 0.717) is 88.2 Å². The Kier molecular flexibility index (Phi) is 21.1. The van der Waals surface area contributed by atoms with Crippen molar-refractivity contribution in [3.8, 4) is 17.2 Å². The van der Waals surface area contributed by atoms with E-state index in [1.807, 2.05) is 0 Å². The lowest BCUT2D eigenvalue weighted by atomic mass is 9.96. The predicted octanol–water partition coefficient (Wildman–Crippen LogP) is 13.4. The molecule has 79 heavy (non-hydrogen) atoms. The Morgan fingerprint density at radius 3 is 1.38 bits per heavy atom. The molecule has 0 radical (unpaired) electrons. The number of fused-ring (bicyclic) bond motifs is 3. The maximum Gasteiger partial charge on any atom is 0.446 e. The van der Waals surface area contributed by atoms with Crippen LogP contribution in [0.5, 0.6) is 17.2 Å². The van der Waals surface area contributed by atoms with Crippen molar-refractivity contribution in [1.29, 1.82) is 0 Å². The lowest BCUT2D eigenvalue weighted by Gasteiger charge is -2.11. The topological polar surface area (TPSA) is 157 Å². The van der Waals surface area contributed by atoms with Gasteiger partial charge in [-0.2, -0.15) is 39.5 Å². The van der Waals surface area contributed by atoms with Crippen molar-refractivity contribution >= 4 is 65.0 Å². The van der Waals surface area contributed by atoms with Crippen LogP contribution >= 0.6 is 35.3 Å². The highest BCUT2D eigenvalue weighted by molar-refractivity contribution is 8.00. The van der Waals surface area contributed by atoms with Gasteiger partial charge in [0.25, 0.3) is 0 Å². The van der Waals surface area contributed by atoms with Crippen LogP contribution in [-0.2, 0) is 45.5 Å². The van der Waals surface area contributed by atoms with Crippen LogP contribution in [0.2, 0.25) is 0 Å². The first kappa shape index (κ1) is 61.6. The molecule has 1 atom stereocenters. The molecular formula is C57H49F9O10S3. The molecule has 0 aliphatic heterocycles. The van der Waals surface area contributed by atoms with Crippen molar-refractivity contribution in [2.24, 2.45) is 5.92 Å². The average molecular weight is 1160 g/mol. The third kappa shape index (κ3) is 16.5. The second-order valence-electron chi connectivity index (χ2n) is 17.4. The van der Waals surface area contributed by atoms with Gasteiger partial charge in [0.15, 0.2) is 17.3 Å². The van der Waals surface area contributed by atoms with Crippen LogP contribution < -0.4 is 14.2 Å². The highest BCUT2D eigenvalue weighted by Crippen LogP contribution is 2.42. The molecule has 3 aliphatic rings. The number of aliphatic hydroxyl groups excluding tert-OH is 3. The summed E-state index contributed by atoms with van der Waals surface area (Å²) in [7, 11) is 4.55. The average Bonchev–Trinajstić information content (AvgIpc) is 4.15. The molecule has 0 heterocycles. The Hall–Kier alpha value is -6.56. The Bertz CT molecular complexity index is 3180. The summed E-state index contributed by atoms with van der Waals surface area (Å²) in [5, 5.41) is 27.9. The van der Waals surface area contributed by atoms with Gasteiger partial charge in [-0.3, -0.25) is 19.2 Å². The highest BCUT2D eigenvalue weighted by Gasteiger charge is 2.35. The number of benzene rings is 6. The second-order valence-corrected chi connectivity index (χ2v) is 20.9. The number of carbonyl (C=O) groups is 4. The number of Topliss-reactive ketones (excluding diaryl/α,β-unsaturated/α-hetero) is 3. The van der Waals surface area contributed by atoms with Gasteiger partial charge in [0.05, 0.1) is 41.2 Å². The number of hydrogen-bond acceptors (Lipinski definition) is 13. The summed E-state index contributed by atoms with van der Waals surface area (Å²) in [6, 6.07) is 27.4. The zero-order chi connectivity index (χ0) is 57.8. The minimum absolute atomic E-state index is 0.00321. The Morgan fingerprint density at radius 2 is 0.937 bits per heavy atom. The van der Waals surface area contributed by atoms with Gasteiger partial charge in [-0.25, -0.2) is 0 Å². The standard InChI is InChI=1S/C19H17F3O3S.C19H15F3O3S.C11H12O3.C8H5F3OS/c2*1-25-18-12(10-23)4-7-15-16(18)9-13(17(15)24)8-11-2-5-14(6-3-11)26-19(20,21)22;1-14-11-7(6-12)2-3-8-9(11)4-5-10(8)13;9-8(10,11)13-7-3-1-6(5-12)2-4-7/h2-7,13,23H,8-10H2,1H3;2-8,23H,9-10H2,1H3;2-3,12H,4-6H2,1H3;1-5H/b;13-8+;;. The number of aliphatic hydroxyl groups is 3. The Labute approximate surface area is 460 Å². The summed E-state index contributed by atoms with van der Waals surface area (Å²) in [6.07, 6.45) is 4.83. The smallest absolute Gasteiger partial charge is 0.446 e. The summed E-state index contributed by atoms with van der Waals surface area (Å²) in [5.41, 5.74) is -4.25. The van der Waals surface area contributed by atoms with Crippen LogP contribution in [0.4, 0.5) is 39.5 Å². The fourth-order valence-electron chi connectivity index (χ4n) is 8.98. The summed E-state index contributed by atoms with van der Waals surface area (Å²) >= 11 is -0.528. The van der Waals surface area contributed by atoms with Gasteiger partial charge in [0.2, 0.25) is 0 Å². The number of ketones is 3. The normalized spacial score (nSPS) is 14.9. The fraction of sp³-hybridized carbons (Fsp3) is 0.263. The molecule has 0 saturated carbocycles. The molecule has 418 valence electrons. The van der Waals surface area contributed by atoms with Crippen LogP contribution in [0, 0.1) is 5.92 Å². The number of aldehydes is 1. The van der Waals surface area contributed by atoms with E-state index in [2.05, 4.69) is 0 Å². The molecule has 1 unspecified atom stereocenters. The number of halogens is 9. The van der Waals surface area contributed by atoms with E-state index in [9.17, 15) is 68.9 Å². The molecule has 6 aromatic carbocycles. The first-order valence-corrected chi connectivity index (χ1v) is 26.1. The minimum Gasteiger partial charge on any atom is -0.496 e. The van der Waals surface area contributed by atoms with Gasteiger partial charge in [0, 0.05) is 94.7 Å². The molecule has 10 nitrogen and oxygen atoms in total. The molecule has 3 aliphatic carbocycles. The highest BCUT2D eigenvalue weighted by atomic mass is 32.2. The van der Waals surface area contributed by atoms with E-state index < -0.39 is 16.5 Å². The minimum atomic E-state index is -4.33. The number of carbonyl (C=O) groups excluding carboxylic acids is 4. The van der Waals surface area contributed by atoms with Crippen molar-refractivity contribution in [3.05, 3.63) is 182 Å². The summed E-state index contributed by atoms with van der Waals surface area (Å²) in [6.45, 7) is -0.416. The van der Waals surface area contributed by atoms with Crippen molar-refractivity contribution in [1.82, 2.24) is 0 Å². The Balaban J connectivity index is 0.000000178. The number of ether oxygens (including phenoxy) is 3. The van der Waals surface area contributed by atoms with Gasteiger partial charge in [-0.15, -0.1) is 0 Å². The van der Waals surface area contributed by atoms with Gasteiger partial charge >= 0.3 is 16.5 Å². The maximum absolute atomic E-state index is 12.7. The van der Waals surface area contributed by atoms with Crippen LogP contribution in [0.3, 0.4) is 0 Å². The number of methoxy groups -OCH3 is 3. The van der Waals surface area contributed by atoms with E-state index in [0.717, 1.165) is 39.8 Å². The fourth-order valence-corrected chi connectivity index (χ4v) is 10.6. The lowest BCUT2D eigenvalue weighted by Crippen LogP contribution is -2.12. The van der Waals surface area contributed by atoms with Crippen LogP contribution in [0.1, 0.15) is 92.4 Å². The van der Waals surface area contributed by atoms with Crippen molar-refractivity contribution < 1.29 is 88.2 Å². The maximum atomic E-state index is 12.7. The summed E-state index contributed by atoms with van der Waals surface area (Å²) < 4.78 is 126.